The quantitative estimate of drug-likeness (QED) is 0.100. The molecule has 1 atom stereocenters. The lowest BCUT2D eigenvalue weighted by molar-refractivity contribution is -0.525. The first kappa shape index (κ1) is 28.7. The molecule has 0 aliphatic heterocycles. The highest BCUT2D eigenvalue weighted by molar-refractivity contribution is 5.85. The Bertz CT molecular complexity index is 684. The van der Waals surface area contributed by atoms with Gasteiger partial charge in [0.2, 0.25) is 5.91 Å². The van der Waals surface area contributed by atoms with Crippen molar-refractivity contribution >= 4 is 24.1 Å². The third kappa shape index (κ3) is 16.5. The van der Waals surface area contributed by atoms with Gasteiger partial charge in [0.1, 0.15) is 17.2 Å². The van der Waals surface area contributed by atoms with E-state index in [1.54, 1.807) is 47.0 Å². The number of guanidine groups is 1. The van der Waals surface area contributed by atoms with Crippen LogP contribution in [0.4, 0.5) is 9.59 Å². The second kappa shape index (κ2) is 13.2. The Labute approximate surface area is 187 Å². The molecule has 6 N–H and O–H groups in total. The molecular formula is C18H35N7O7. The Morgan fingerprint density at radius 2 is 1.53 bits per heavy atom. The van der Waals surface area contributed by atoms with Gasteiger partial charge in [-0.3, -0.25) is 4.79 Å². The molecule has 0 aromatic rings. The van der Waals surface area contributed by atoms with Crippen molar-refractivity contribution in [1.82, 2.24) is 21.4 Å². The molecule has 0 fully saturated rings. The molecule has 14 heteroatoms. The minimum absolute atomic E-state index is 0.0899. The number of carbonyl (C=O) groups is 3. The SMILES string of the molecule is CC(C)(C)OC(=O)NCCNC(=O)[C@H](CCCN=C(N)N[N+](=O)[O-])NC(=O)OC(C)(C)C. The lowest BCUT2D eigenvalue weighted by atomic mass is 10.1. The maximum absolute atomic E-state index is 12.5. The van der Waals surface area contributed by atoms with Crippen molar-refractivity contribution in [2.24, 2.45) is 10.7 Å². The van der Waals surface area contributed by atoms with Crippen LogP contribution in [-0.2, 0) is 14.3 Å². The number of hydrogen-bond acceptors (Lipinski definition) is 8. The Kier molecular flexibility index (Phi) is 11.8. The number of nitrogens with two attached hydrogens (primary N) is 1. The lowest BCUT2D eigenvalue weighted by Crippen LogP contribution is -2.49. The van der Waals surface area contributed by atoms with E-state index in [0.717, 1.165) is 0 Å². The van der Waals surface area contributed by atoms with Crippen molar-refractivity contribution < 1.29 is 28.9 Å². The Balaban J connectivity index is 4.73. The van der Waals surface area contributed by atoms with Crippen LogP contribution < -0.4 is 27.1 Å². The number of nitro groups is 1. The highest BCUT2D eigenvalue weighted by atomic mass is 16.7. The summed E-state index contributed by atoms with van der Waals surface area (Å²) in [6.07, 6.45) is -0.930. The summed E-state index contributed by atoms with van der Waals surface area (Å²) in [5, 5.41) is 17.0. The van der Waals surface area contributed by atoms with Crippen molar-refractivity contribution in [3.8, 4) is 0 Å². The maximum Gasteiger partial charge on any atom is 0.408 e. The topological polar surface area (TPSA) is 199 Å². The van der Waals surface area contributed by atoms with E-state index in [-0.39, 0.29) is 32.0 Å². The normalized spacial score (nSPS) is 12.9. The number of rotatable bonds is 10. The number of alkyl carbamates (subject to hydrolysis) is 2. The zero-order chi connectivity index (χ0) is 24.9. The fourth-order valence-electron chi connectivity index (χ4n) is 2.13. The van der Waals surface area contributed by atoms with Crippen LogP contribution in [0.15, 0.2) is 4.99 Å². The number of nitrogens with one attached hydrogen (secondary N) is 4. The molecule has 0 aromatic carbocycles. The minimum Gasteiger partial charge on any atom is -0.444 e. The summed E-state index contributed by atoms with van der Waals surface area (Å²) in [5.41, 5.74) is 5.64. The fraction of sp³-hybridized carbons (Fsp3) is 0.778. The predicted octanol–water partition coefficient (Wildman–Crippen LogP) is 0.397. The molecule has 0 aromatic heterocycles. The summed E-state index contributed by atoms with van der Waals surface area (Å²) in [5.74, 6) is -0.869. The largest absolute Gasteiger partial charge is 0.444 e. The standard InChI is InChI=1S/C18H35N7O7/c1-17(2,3)31-15(27)22-11-10-20-13(26)12(23-16(28)32-18(4,5)6)8-7-9-21-14(19)24-25(29)30/h12H,7-11H2,1-6H3,(H,20,26)(H,22,27)(H,23,28)(H3,19,21,24)/t12-/m0/s1. The number of aliphatic imine (C=N–C) groups is 1. The molecule has 0 rings (SSSR count). The minimum atomic E-state index is -0.953. The zero-order valence-corrected chi connectivity index (χ0v) is 19.4. The lowest BCUT2D eigenvalue weighted by Gasteiger charge is -2.23. The van der Waals surface area contributed by atoms with E-state index in [1.807, 2.05) is 0 Å². The van der Waals surface area contributed by atoms with Crippen molar-refractivity contribution in [2.45, 2.75) is 71.6 Å². The first-order chi connectivity index (χ1) is 14.6. The molecule has 0 spiro atoms. The molecule has 3 amide bonds. The van der Waals surface area contributed by atoms with Gasteiger partial charge in [-0.2, -0.15) is 0 Å². The van der Waals surface area contributed by atoms with Crippen LogP contribution in [0.2, 0.25) is 0 Å². The third-order valence-corrected chi connectivity index (χ3v) is 3.24. The van der Waals surface area contributed by atoms with Crippen LogP contribution in [0.25, 0.3) is 0 Å². The summed E-state index contributed by atoms with van der Waals surface area (Å²) < 4.78 is 10.3. The Hall–Kier alpha value is -3.32. The molecule has 0 saturated carbocycles. The van der Waals surface area contributed by atoms with Crippen LogP contribution in [0.5, 0.6) is 0 Å². The molecule has 184 valence electrons. The first-order valence-corrected chi connectivity index (χ1v) is 10.0. The van der Waals surface area contributed by atoms with Gasteiger partial charge >= 0.3 is 12.2 Å². The third-order valence-electron chi connectivity index (χ3n) is 3.24. The van der Waals surface area contributed by atoms with Crippen LogP contribution in [0.1, 0.15) is 54.4 Å². The average Bonchev–Trinajstić information content (AvgIpc) is 2.57. The van der Waals surface area contributed by atoms with Gasteiger partial charge in [-0.05, 0) is 54.4 Å². The van der Waals surface area contributed by atoms with Crippen LogP contribution in [-0.4, -0.2) is 66.0 Å². The Morgan fingerprint density at radius 1 is 1.00 bits per heavy atom. The van der Waals surface area contributed by atoms with Crippen LogP contribution in [0.3, 0.4) is 0 Å². The maximum atomic E-state index is 12.5. The van der Waals surface area contributed by atoms with E-state index in [2.05, 4.69) is 20.9 Å². The number of hydrazine groups is 1. The zero-order valence-electron chi connectivity index (χ0n) is 19.4. The molecular weight excluding hydrogens is 426 g/mol. The van der Waals surface area contributed by atoms with Crippen molar-refractivity contribution in [1.29, 1.82) is 0 Å². The average molecular weight is 462 g/mol. The molecule has 14 nitrogen and oxygen atoms in total. The highest BCUT2D eigenvalue weighted by Gasteiger charge is 2.24. The summed E-state index contributed by atoms with van der Waals surface area (Å²) in [6, 6.07) is -0.953. The van der Waals surface area contributed by atoms with Crippen LogP contribution >= 0.6 is 0 Å². The van der Waals surface area contributed by atoms with Crippen molar-refractivity contribution in [3.05, 3.63) is 10.1 Å². The summed E-state index contributed by atoms with van der Waals surface area (Å²) in [7, 11) is 0. The van der Waals surface area contributed by atoms with Crippen molar-refractivity contribution in [2.75, 3.05) is 19.6 Å². The smallest absolute Gasteiger partial charge is 0.408 e. The molecule has 0 saturated heterocycles. The number of nitrogens with zero attached hydrogens (tertiary/aromatic N) is 2. The monoisotopic (exact) mass is 461 g/mol. The van der Waals surface area contributed by atoms with Gasteiger partial charge in [0.25, 0.3) is 5.96 Å². The van der Waals surface area contributed by atoms with Gasteiger partial charge in [-0.1, -0.05) is 5.43 Å². The second-order valence-electron chi connectivity index (χ2n) is 8.70. The number of ether oxygens (including phenoxy) is 2. The van der Waals surface area contributed by atoms with Gasteiger partial charge < -0.3 is 31.2 Å². The Morgan fingerprint density at radius 3 is 2.06 bits per heavy atom. The summed E-state index contributed by atoms with van der Waals surface area (Å²) >= 11 is 0. The van der Waals surface area contributed by atoms with Gasteiger partial charge in [-0.25, -0.2) is 24.7 Å². The second-order valence-corrected chi connectivity index (χ2v) is 8.70. The van der Waals surface area contributed by atoms with E-state index >= 15 is 0 Å². The predicted molar refractivity (Wildman–Crippen MR) is 116 cm³/mol. The van der Waals surface area contributed by atoms with E-state index in [0.29, 0.717) is 6.42 Å². The number of amides is 3. The van der Waals surface area contributed by atoms with Crippen molar-refractivity contribution in [3.63, 3.8) is 0 Å². The van der Waals surface area contributed by atoms with Gasteiger partial charge in [0, 0.05) is 19.6 Å². The molecule has 0 aliphatic carbocycles. The fourth-order valence-corrected chi connectivity index (χ4v) is 2.13. The van der Waals surface area contributed by atoms with E-state index in [9.17, 15) is 24.5 Å². The highest BCUT2D eigenvalue weighted by Crippen LogP contribution is 2.08. The molecule has 0 heterocycles. The number of hydrogen-bond donors (Lipinski definition) is 5. The van der Waals surface area contributed by atoms with Gasteiger partial charge in [0.05, 0.1) is 0 Å². The first-order valence-electron chi connectivity index (χ1n) is 10.0. The molecule has 0 aliphatic rings. The van der Waals surface area contributed by atoms with Crippen LogP contribution in [0, 0.1) is 10.1 Å². The van der Waals surface area contributed by atoms with E-state index in [4.69, 9.17) is 15.2 Å². The molecule has 0 bridgehead atoms. The molecule has 32 heavy (non-hydrogen) atoms. The van der Waals surface area contributed by atoms with Gasteiger partial charge in [0.15, 0.2) is 5.03 Å². The summed E-state index contributed by atoms with van der Waals surface area (Å²) in [4.78, 5) is 50.3. The van der Waals surface area contributed by atoms with E-state index < -0.39 is 40.4 Å². The van der Waals surface area contributed by atoms with Gasteiger partial charge in [-0.15, -0.1) is 0 Å². The molecule has 0 unspecified atom stereocenters. The summed E-state index contributed by atoms with van der Waals surface area (Å²) in [6.45, 7) is 10.5. The van der Waals surface area contributed by atoms with E-state index in [1.165, 1.54) is 0 Å². The molecule has 0 radical (unpaired) electrons. The number of carbonyl (C=O) groups excluding carboxylic acids is 3.